The van der Waals surface area contributed by atoms with Crippen LogP contribution in [-0.4, -0.2) is 29.9 Å². The predicted octanol–water partition coefficient (Wildman–Crippen LogP) is 4.32. The van der Waals surface area contributed by atoms with Crippen LogP contribution >= 0.6 is 0 Å². The number of likely N-dealkylation sites (N-methyl/N-ethyl adjacent to an activating group) is 1. The van der Waals surface area contributed by atoms with Crippen LogP contribution in [0.1, 0.15) is 43.7 Å². The number of amides is 2. The molecule has 3 aliphatic rings. The summed E-state index contributed by atoms with van der Waals surface area (Å²) in [5.74, 6) is -1.83. The Bertz CT molecular complexity index is 1140. The Morgan fingerprint density at radius 1 is 1.06 bits per heavy atom. The van der Waals surface area contributed by atoms with Crippen molar-refractivity contribution in [3.63, 3.8) is 0 Å². The Hall–Kier alpha value is -3.41. The number of carboxylic acids is 1. The standard InChI is InChI=1S/C27H28N2O4/c1-29-22-11-5-4-9-19(22)18-8-2-3-10-20(18)23(25(29)31)28-24(30)21(16-17-12-13-17)27(26(32)33)14-6-7-15-27/h2-11,17,21,23H,12-16H2,1H3,(H,28,30)(H,32,33). The van der Waals surface area contributed by atoms with Crippen LogP contribution < -0.4 is 10.2 Å². The number of carbonyl (C=O) groups excluding carboxylic acids is 2. The van der Waals surface area contributed by atoms with Gasteiger partial charge in [0.15, 0.2) is 0 Å². The van der Waals surface area contributed by atoms with Gasteiger partial charge < -0.3 is 15.3 Å². The number of nitrogens with zero attached hydrogens (tertiary/aromatic N) is 1. The van der Waals surface area contributed by atoms with Gasteiger partial charge in [-0.1, -0.05) is 67.5 Å². The Balaban J connectivity index is 1.53. The smallest absolute Gasteiger partial charge is 0.311 e. The van der Waals surface area contributed by atoms with E-state index < -0.39 is 23.3 Å². The number of fused-ring (bicyclic) bond motifs is 3. The van der Waals surface area contributed by atoms with Crippen LogP contribution in [0.3, 0.4) is 0 Å². The van der Waals surface area contributed by atoms with Crippen LogP contribution in [0.2, 0.25) is 0 Å². The minimum atomic E-state index is -1.14. The van der Waals surface area contributed by atoms with Gasteiger partial charge in [0.2, 0.25) is 5.91 Å². The zero-order chi connectivity index (χ0) is 23.2. The quantitative estimate of drug-likeness (QED) is 0.650. The molecule has 2 atom stereocenters. The topological polar surface area (TPSA) is 86.7 Å². The monoisotopic (exact) mass is 444 g/mol. The molecular weight excluding hydrogens is 416 g/mol. The van der Waals surface area contributed by atoms with E-state index >= 15 is 0 Å². The highest BCUT2D eigenvalue weighted by Crippen LogP contribution is 2.48. The fourth-order valence-electron chi connectivity index (χ4n) is 5.36. The molecule has 33 heavy (non-hydrogen) atoms. The summed E-state index contributed by atoms with van der Waals surface area (Å²) < 4.78 is 0. The van der Waals surface area contributed by atoms with Crippen LogP contribution in [0.15, 0.2) is 60.7 Å². The summed E-state index contributed by atoms with van der Waals surface area (Å²) >= 11 is 0. The number of rotatable bonds is 6. The van der Waals surface area contributed by atoms with Gasteiger partial charge in [-0.2, -0.15) is 0 Å². The number of anilines is 1. The number of nitrogens with one attached hydrogen (secondary N) is 1. The number of carbonyl (C=O) groups is 3. The first-order valence-electron chi connectivity index (χ1n) is 11.6. The number of aliphatic carboxylic acids is 1. The van der Waals surface area contributed by atoms with Crippen LogP contribution in [0, 0.1) is 17.3 Å². The molecule has 0 radical (unpaired) electrons. The van der Waals surface area contributed by atoms with Gasteiger partial charge in [-0.15, -0.1) is 0 Å². The lowest BCUT2D eigenvalue weighted by Crippen LogP contribution is -2.49. The summed E-state index contributed by atoms with van der Waals surface area (Å²) in [6.07, 6.45) is 6.99. The summed E-state index contributed by atoms with van der Waals surface area (Å²) in [5.41, 5.74) is 2.19. The van der Waals surface area contributed by atoms with E-state index in [1.807, 2.05) is 60.7 Å². The highest BCUT2D eigenvalue weighted by atomic mass is 16.4. The van der Waals surface area contributed by atoms with Crippen LogP contribution in [0.4, 0.5) is 5.69 Å². The second kappa shape index (κ2) is 8.18. The zero-order valence-corrected chi connectivity index (χ0v) is 18.7. The van der Waals surface area contributed by atoms with Gasteiger partial charge in [0.25, 0.3) is 5.91 Å². The minimum Gasteiger partial charge on any atom is -0.481 e. The number of benzene rings is 2. The minimum absolute atomic E-state index is 0.236. The van der Waals surface area contributed by atoms with Gasteiger partial charge in [-0.05, 0) is 42.4 Å². The molecule has 0 spiro atoms. The van der Waals surface area contributed by atoms with Crippen molar-refractivity contribution in [2.75, 3.05) is 11.9 Å². The van der Waals surface area contributed by atoms with Crippen LogP contribution in [0.25, 0.3) is 11.1 Å². The molecule has 2 aromatic rings. The van der Waals surface area contributed by atoms with Gasteiger partial charge in [0.05, 0.1) is 17.0 Å². The first-order valence-corrected chi connectivity index (χ1v) is 11.6. The number of carboxylic acid groups (broad SMARTS) is 1. The second-order valence-electron chi connectivity index (χ2n) is 9.52. The van der Waals surface area contributed by atoms with Crippen molar-refractivity contribution < 1.29 is 19.5 Å². The molecule has 6 heteroatoms. The largest absolute Gasteiger partial charge is 0.481 e. The molecule has 2 unspecified atom stereocenters. The fourth-order valence-corrected chi connectivity index (χ4v) is 5.36. The lowest BCUT2D eigenvalue weighted by atomic mass is 9.70. The fraction of sp³-hybridized carbons (Fsp3) is 0.370. The summed E-state index contributed by atoms with van der Waals surface area (Å²) in [7, 11) is 1.72. The van der Waals surface area contributed by atoms with Gasteiger partial charge in [0, 0.05) is 12.6 Å². The van der Waals surface area contributed by atoms with E-state index in [-0.39, 0.29) is 11.8 Å². The van der Waals surface area contributed by atoms with E-state index in [9.17, 15) is 19.5 Å². The van der Waals surface area contributed by atoms with Crippen LogP contribution in [0.5, 0.6) is 0 Å². The van der Waals surface area contributed by atoms with Crippen molar-refractivity contribution in [2.24, 2.45) is 17.3 Å². The molecule has 1 aliphatic heterocycles. The highest BCUT2D eigenvalue weighted by Gasteiger charge is 2.51. The van der Waals surface area contributed by atoms with Crippen molar-refractivity contribution in [1.82, 2.24) is 5.32 Å². The Morgan fingerprint density at radius 2 is 1.70 bits per heavy atom. The maximum absolute atomic E-state index is 13.7. The second-order valence-corrected chi connectivity index (χ2v) is 9.52. The van der Waals surface area contributed by atoms with Crippen molar-refractivity contribution >= 4 is 23.5 Å². The van der Waals surface area contributed by atoms with Gasteiger partial charge in [0.1, 0.15) is 6.04 Å². The average Bonchev–Trinajstić information content (AvgIpc) is 3.53. The summed E-state index contributed by atoms with van der Waals surface area (Å²) in [4.78, 5) is 41.3. The molecule has 170 valence electrons. The Morgan fingerprint density at radius 3 is 2.36 bits per heavy atom. The van der Waals surface area contributed by atoms with Gasteiger partial charge in [-0.25, -0.2) is 0 Å². The van der Waals surface area contributed by atoms with E-state index in [0.29, 0.717) is 25.2 Å². The van der Waals surface area contributed by atoms with E-state index in [1.165, 1.54) is 0 Å². The molecular formula is C27H28N2O4. The van der Waals surface area contributed by atoms with Crippen molar-refractivity contribution in [2.45, 2.75) is 38.1 Å². The van der Waals surface area contributed by atoms with Gasteiger partial charge in [-0.3, -0.25) is 14.4 Å². The number of allylic oxidation sites excluding steroid dienone is 2. The van der Waals surface area contributed by atoms with Crippen LogP contribution in [-0.2, 0) is 14.4 Å². The summed E-state index contributed by atoms with van der Waals surface area (Å²) in [6, 6.07) is 14.4. The molecule has 2 aromatic carbocycles. The number of hydrogen-bond acceptors (Lipinski definition) is 3. The normalized spacial score (nSPS) is 21.7. The Kier molecular flexibility index (Phi) is 5.31. The van der Waals surface area contributed by atoms with Crippen molar-refractivity contribution in [3.05, 3.63) is 66.2 Å². The van der Waals surface area contributed by atoms with Crippen molar-refractivity contribution in [3.8, 4) is 11.1 Å². The maximum Gasteiger partial charge on any atom is 0.311 e. The summed E-state index contributed by atoms with van der Waals surface area (Å²) in [5, 5.41) is 13.1. The Labute approximate surface area is 193 Å². The lowest BCUT2D eigenvalue weighted by molar-refractivity contribution is -0.156. The lowest BCUT2D eigenvalue weighted by Gasteiger charge is -2.34. The first kappa shape index (κ1) is 21.4. The zero-order valence-electron chi connectivity index (χ0n) is 18.7. The number of para-hydroxylation sites is 1. The molecule has 6 nitrogen and oxygen atoms in total. The molecule has 1 fully saturated rings. The molecule has 5 rings (SSSR count). The first-order chi connectivity index (χ1) is 15.9. The van der Waals surface area contributed by atoms with Crippen molar-refractivity contribution in [1.29, 1.82) is 0 Å². The molecule has 2 aliphatic carbocycles. The van der Waals surface area contributed by atoms with E-state index in [2.05, 4.69) is 5.32 Å². The third kappa shape index (κ3) is 3.63. The van der Waals surface area contributed by atoms with E-state index in [4.69, 9.17) is 0 Å². The highest BCUT2D eigenvalue weighted by molar-refractivity contribution is 6.06. The predicted molar refractivity (Wildman–Crippen MR) is 125 cm³/mol. The third-order valence-electron chi connectivity index (χ3n) is 7.50. The molecule has 0 bridgehead atoms. The summed E-state index contributed by atoms with van der Waals surface area (Å²) in [6.45, 7) is 0. The van der Waals surface area contributed by atoms with Gasteiger partial charge >= 0.3 is 5.97 Å². The van der Waals surface area contributed by atoms with E-state index in [0.717, 1.165) is 35.2 Å². The average molecular weight is 445 g/mol. The molecule has 1 heterocycles. The maximum atomic E-state index is 13.7. The molecule has 2 N–H and O–H groups in total. The molecule has 1 saturated carbocycles. The third-order valence-corrected chi connectivity index (χ3v) is 7.50. The number of hydrogen-bond donors (Lipinski definition) is 2. The molecule has 2 amide bonds. The SMILES string of the molecule is CN1C(=O)C(NC(=O)C(CC2CC2)C2(C(=O)O)CC=CC2)c2ccccc2-c2ccccc21. The molecule has 0 saturated heterocycles. The van der Waals surface area contributed by atoms with E-state index in [1.54, 1.807) is 11.9 Å². The molecule has 0 aromatic heterocycles.